The molecule has 0 spiro atoms. The average Bonchev–Trinajstić information content (AvgIpc) is 2.13. The van der Waals surface area contributed by atoms with E-state index in [-0.39, 0.29) is 19.8 Å². The van der Waals surface area contributed by atoms with Gasteiger partial charge >= 0.3 is 0 Å². The summed E-state index contributed by atoms with van der Waals surface area (Å²) in [5.41, 5.74) is 0. The van der Waals surface area contributed by atoms with Crippen LogP contribution in [-0.2, 0) is 9.47 Å². The molecule has 0 amide bonds. The third-order valence-electron chi connectivity index (χ3n) is 0.767. The molecule has 0 saturated heterocycles. The fourth-order valence-corrected chi connectivity index (χ4v) is 0.309. The zero-order valence-electron chi connectivity index (χ0n) is 7.40. The van der Waals surface area contributed by atoms with Crippen LogP contribution in [-0.4, -0.2) is 62.1 Å². The molecule has 0 aromatic carbocycles. The largest absolute Gasteiger partial charge is 0.394 e. The summed E-state index contributed by atoms with van der Waals surface area (Å²) in [5, 5.41) is 23.4. The average molecular weight is 182 g/mol. The molecule has 3 N–H and O–H groups in total. The van der Waals surface area contributed by atoms with Crippen molar-refractivity contribution in [2.24, 2.45) is 0 Å². The van der Waals surface area contributed by atoms with Crippen molar-refractivity contribution in [1.82, 2.24) is 0 Å². The minimum absolute atomic E-state index is 0.0870. The summed E-state index contributed by atoms with van der Waals surface area (Å²) in [6.45, 7) is 1.41. The SMILES string of the molecule is COCCOCCO.OCCO. The number of ether oxygens (including phenoxy) is 2. The van der Waals surface area contributed by atoms with E-state index in [1.165, 1.54) is 0 Å². The molecule has 5 nitrogen and oxygen atoms in total. The first-order valence-corrected chi connectivity index (χ1v) is 3.72. The van der Waals surface area contributed by atoms with Crippen molar-refractivity contribution in [2.45, 2.75) is 0 Å². The monoisotopic (exact) mass is 182 g/mol. The molecule has 0 saturated carbocycles. The molecule has 0 aromatic heterocycles. The first-order valence-electron chi connectivity index (χ1n) is 3.72. The highest BCUT2D eigenvalue weighted by atomic mass is 16.5. The second kappa shape index (κ2) is 17.0. The lowest BCUT2D eigenvalue weighted by Crippen LogP contribution is -2.05. The Bertz CT molecular complexity index is 51.8. The molecule has 5 heteroatoms. The minimum atomic E-state index is -0.125. The number of methoxy groups -OCH3 is 1. The summed E-state index contributed by atoms with van der Waals surface area (Å²) in [4.78, 5) is 0. The molecule has 0 bridgehead atoms. The van der Waals surface area contributed by atoms with Crippen LogP contribution >= 0.6 is 0 Å². The van der Waals surface area contributed by atoms with Gasteiger partial charge in [0.05, 0.1) is 39.6 Å². The van der Waals surface area contributed by atoms with Gasteiger partial charge in [-0.05, 0) is 0 Å². The zero-order valence-corrected chi connectivity index (χ0v) is 7.40. The highest BCUT2D eigenvalue weighted by Gasteiger charge is 1.82. The predicted octanol–water partition coefficient (Wildman–Crippen LogP) is -1.39. The molecule has 0 unspecified atom stereocenters. The molecule has 0 aliphatic rings. The lowest BCUT2D eigenvalue weighted by Gasteiger charge is -1.98. The van der Waals surface area contributed by atoms with Crippen molar-refractivity contribution in [3.05, 3.63) is 0 Å². The van der Waals surface area contributed by atoms with E-state index in [4.69, 9.17) is 20.1 Å². The standard InChI is InChI=1S/C5H12O3.C2H6O2/c1-7-4-5-8-3-2-6;3-1-2-4/h6H,2-5H2,1H3;3-4H,1-2H2. The van der Waals surface area contributed by atoms with Crippen molar-refractivity contribution in [1.29, 1.82) is 0 Å². The summed E-state index contributed by atoms with van der Waals surface area (Å²) in [7, 11) is 1.61. The normalized spacial score (nSPS) is 9.00. The van der Waals surface area contributed by atoms with Crippen molar-refractivity contribution in [2.75, 3.05) is 46.8 Å². The van der Waals surface area contributed by atoms with Gasteiger partial charge in [-0.1, -0.05) is 0 Å². The maximum Gasteiger partial charge on any atom is 0.0701 e. The summed E-state index contributed by atoms with van der Waals surface area (Å²) in [6.07, 6.45) is 0. The van der Waals surface area contributed by atoms with E-state index in [0.717, 1.165) is 0 Å². The first-order chi connectivity index (χ1) is 5.83. The van der Waals surface area contributed by atoms with E-state index >= 15 is 0 Å². The number of rotatable bonds is 6. The van der Waals surface area contributed by atoms with Crippen LogP contribution in [0.5, 0.6) is 0 Å². The van der Waals surface area contributed by atoms with Crippen LogP contribution in [0.15, 0.2) is 0 Å². The van der Waals surface area contributed by atoms with E-state index < -0.39 is 0 Å². The highest BCUT2D eigenvalue weighted by Crippen LogP contribution is 1.72. The maximum atomic E-state index is 8.20. The smallest absolute Gasteiger partial charge is 0.0701 e. The van der Waals surface area contributed by atoms with Crippen LogP contribution in [0.4, 0.5) is 0 Å². The third-order valence-corrected chi connectivity index (χ3v) is 0.767. The Morgan fingerprint density at radius 2 is 1.42 bits per heavy atom. The summed E-state index contributed by atoms with van der Waals surface area (Å²) < 4.78 is 9.53. The first kappa shape index (κ1) is 14.3. The second-order valence-electron chi connectivity index (χ2n) is 1.78. The summed E-state index contributed by atoms with van der Waals surface area (Å²) >= 11 is 0. The molecule has 0 aromatic rings. The van der Waals surface area contributed by atoms with Gasteiger partial charge in [0.2, 0.25) is 0 Å². The van der Waals surface area contributed by atoms with Crippen molar-refractivity contribution in [3.63, 3.8) is 0 Å². The second-order valence-corrected chi connectivity index (χ2v) is 1.78. The summed E-state index contributed by atoms with van der Waals surface area (Å²) in [5.74, 6) is 0. The number of hydrogen-bond donors (Lipinski definition) is 3. The van der Waals surface area contributed by atoms with E-state index in [1.807, 2.05) is 0 Å². The van der Waals surface area contributed by atoms with Crippen LogP contribution in [0.25, 0.3) is 0 Å². The predicted molar refractivity (Wildman–Crippen MR) is 44.0 cm³/mol. The van der Waals surface area contributed by atoms with Gasteiger partial charge in [-0.15, -0.1) is 0 Å². The van der Waals surface area contributed by atoms with Gasteiger partial charge in [0.25, 0.3) is 0 Å². The Hall–Kier alpha value is -0.200. The topological polar surface area (TPSA) is 79.2 Å². The molecule has 0 atom stereocenters. The lowest BCUT2D eigenvalue weighted by molar-refractivity contribution is 0.0500. The zero-order chi connectivity index (χ0) is 9.66. The Morgan fingerprint density at radius 1 is 0.833 bits per heavy atom. The van der Waals surface area contributed by atoms with Crippen LogP contribution in [0.1, 0.15) is 0 Å². The van der Waals surface area contributed by atoms with Crippen molar-refractivity contribution < 1.29 is 24.8 Å². The molecular weight excluding hydrogens is 164 g/mol. The number of aliphatic hydroxyl groups is 3. The van der Waals surface area contributed by atoms with Crippen molar-refractivity contribution >= 4 is 0 Å². The van der Waals surface area contributed by atoms with Crippen LogP contribution in [0.3, 0.4) is 0 Å². The van der Waals surface area contributed by atoms with Gasteiger partial charge in [-0.3, -0.25) is 0 Å². The lowest BCUT2D eigenvalue weighted by atomic mass is 10.7. The molecule has 0 aliphatic carbocycles. The van der Waals surface area contributed by atoms with E-state index in [0.29, 0.717) is 19.8 Å². The molecule has 0 radical (unpaired) electrons. The van der Waals surface area contributed by atoms with Crippen LogP contribution in [0.2, 0.25) is 0 Å². The Balaban J connectivity index is 0. The Labute approximate surface area is 72.5 Å². The molecule has 12 heavy (non-hydrogen) atoms. The molecule has 0 rings (SSSR count). The van der Waals surface area contributed by atoms with E-state index in [2.05, 4.69) is 4.74 Å². The Morgan fingerprint density at radius 3 is 1.75 bits per heavy atom. The number of aliphatic hydroxyl groups excluding tert-OH is 3. The third kappa shape index (κ3) is 22.6. The van der Waals surface area contributed by atoms with E-state index in [1.54, 1.807) is 7.11 Å². The van der Waals surface area contributed by atoms with Gasteiger partial charge in [0, 0.05) is 7.11 Å². The molecule has 76 valence electrons. The van der Waals surface area contributed by atoms with Gasteiger partial charge in [-0.2, -0.15) is 0 Å². The maximum absolute atomic E-state index is 8.20. The fourth-order valence-electron chi connectivity index (χ4n) is 0.309. The van der Waals surface area contributed by atoms with Gasteiger partial charge in [-0.25, -0.2) is 0 Å². The minimum Gasteiger partial charge on any atom is -0.394 e. The fraction of sp³-hybridized carbons (Fsp3) is 1.00. The van der Waals surface area contributed by atoms with Crippen LogP contribution < -0.4 is 0 Å². The van der Waals surface area contributed by atoms with Gasteiger partial charge in [0.1, 0.15) is 0 Å². The van der Waals surface area contributed by atoms with Gasteiger partial charge in [0.15, 0.2) is 0 Å². The number of hydrogen-bond acceptors (Lipinski definition) is 5. The summed E-state index contributed by atoms with van der Waals surface area (Å²) in [6, 6.07) is 0. The van der Waals surface area contributed by atoms with E-state index in [9.17, 15) is 0 Å². The molecule has 0 aliphatic heterocycles. The quantitative estimate of drug-likeness (QED) is 0.441. The van der Waals surface area contributed by atoms with Crippen molar-refractivity contribution in [3.8, 4) is 0 Å². The highest BCUT2D eigenvalue weighted by molar-refractivity contribution is 4.26. The molecule has 0 fully saturated rings. The molecular formula is C7H18O5. The van der Waals surface area contributed by atoms with Gasteiger partial charge < -0.3 is 24.8 Å². The molecule has 0 heterocycles. The Kier molecular flexibility index (Phi) is 20.4. The van der Waals surface area contributed by atoms with Crippen LogP contribution in [0, 0.1) is 0 Å².